The second-order valence-electron chi connectivity index (χ2n) is 6.10. The van der Waals surface area contributed by atoms with Gasteiger partial charge in [-0.25, -0.2) is 4.79 Å². The lowest BCUT2D eigenvalue weighted by molar-refractivity contribution is -0.137. The summed E-state index contributed by atoms with van der Waals surface area (Å²) in [6, 6.07) is 4.12. The smallest absolute Gasteiger partial charge is 0.322 e. The Kier molecular flexibility index (Phi) is 7.50. The fourth-order valence-electron chi connectivity index (χ4n) is 1.90. The second kappa shape index (κ2) is 8.89. The van der Waals surface area contributed by atoms with Crippen molar-refractivity contribution in [3.63, 3.8) is 0 Å². The summed E-state index contributed by atoms with van der Waals surface area (Å²) in [5.41, 5.74) is -0.398. The Balaban J connectivity index is 2.71. The van der Waals surface area contributed by atoms with Crippen molar-refractivity contribution in [1.29, 1.82) is 0 Å². The Labute approximate surface area is 141 Å². The molecule has 1 N–H and O–H groups in total. The summed E-state index contributed by atoms with van der Waals surface area (Å²) in [5, 5.41) is 2.65. The maximum Gasteiger partial charge on any atom is 0.416 e. The van der Waals surface area contributed by atoms with Crippen LogP contribution in [0.3, 0.4) is 0 Å². The van der Waals surface area contributed by atoms with Gasteiger partial charge in [-0.3, -0.25) is 0 Å². The van der Waals surface area contributed by atoms with E-state index in [9.17, 15) is 18.0 Å². The molecule has 1 aromatic rings. The van der Waals surface area contributed by atoms with Crippen LogP contribution in [-0.2, 0) is 6.18 Å². The van der Waals surface area contributed by atoms with Crippen molar-refractivity contribution in [2.75, 3.05) is 59.7 Å². The van der Waals surface area contributed by atoms with Gasteiger partial charge in [-0.2, -0.15) is 13.2 Å². The molecular formula is C16H25F3N4O. The third-order valence-electron chi connectivity index (χ3n) is 3.38. The van der Waals surface area contributed by atoms with E-state index in [1.807, 2.05) is 38.0 Å². The van der Waals surface area contributed by atoms with Crippen LogP contribution in [0.15, 0.2) is 24.3 Å². The number of hydrogen-bond acceptors (Lipinski definition) is 3. The van der Waals surface area contributed by atoms with Gasteiger partial charge in [0.2, 0.25) is 0 Å². The standard InChI is InChI=1S/C16H25F3N4O/c1-21(2)9-11-23(12-10-22(3)4)15(24)20-14-7-5-13(6-8-14)16(17,18)19/h5-8H,9-12H2,1-4H3,(H,20,24). The quantitative estimate of drug-likeness (QED) is 0.825. The summed E-state index contributed by atoms with van der Waals surface area (Å²) in [4.78, 5) is 18.0. The van der Waals surface area contributed by atoms with Crippen LogP contribution in [0, 0.1) is 0 Å². The molecule has 0 unspecified atom stereocenters. The highest BCUT2D eigenvalue weighted by Gasteiger charge is 2.30. The van der Waals surface area contributed by atoms with Crippen LogP contribution < -0.4 is 5.32 Å². The molecule has 1 aromatic carbocycles. The minimum atomic E-state index is -4.38. The summed E-state index contributed by atoms with van der Waals surface area (Å²) >= 11 is 0. The predicted octanol–water partition coefficient (Wildman–Crippen LogP) is 2.66. The van der Waals surface area contributed by atoms with E-state index in [2.05, 4.69) is 5.32 Å². The zero-order valence-corrected chi connectivity index (χ0v) is 14.5. The lowest BCUT2D eigenvalue weighted by Crippen LogP contribution is -2.42. The minimum Gasteiger partial charge on any atom is -0.322 e. The first-order valence-corrected chi connectivity index (χ1v) is 7.62. The highest BCUT2D eigenvalue weighted by Crippen LogP contribution is 2.29. The molecule has 0 heterocycles. The molecule has 0 radical (unpaired) electrons. The molecule has 24 heavy (non-hydrogen) atoms. The van der Waals surface area contributed by atoms with Gasteiger partial charge in [-0.05, 0) is 52.5 Å². The van der Waals surface area contributed by atoms with E-state index < -0.39 is 11.7 Å². The number of halogens is 3. The maximum absolute atomic E-state index is 12.6. The molecule has 1 rings (SSSR count). The maximum atomic E-state index is 12.6. The van der Waals surface area contributed by atoms with Crippen LogP contribution in [0.4, 0.5) is 23.7 Å². The highest BCUT2D eigenvalue weighted by atomic mass is 19.4. The number of benzene rings is 1. The first-order valence-electron chi connectivity index (χ1n) is 7.62. The first kappa shape index (κ1) is 20.2. The van der Waals surface area contributed by atoms with Gasteiger partial charge in [-0.1, -0.05) is 0 Å². The number of rotatable bonds is 7. The molecule has 2 amide bonds. The molecule has 0 atom stereocenters. The molecule has 5 nitrogen and oxygen atoms in total. The number of alkyl halides is 3. The average Bonchev–Trinajstić information content (AvgIpc) is 2.46. The Hall–Kier alpha value is -1.80. The Bertz CT molecular complexity index is 503. The summed E-state index contributed by atoms with van der Waals surface area (Å²) in [6.45, 7) is 2.47. The van der Waals surface area contributed by atoms with E-state index >= 15 is 0 Å². The number of carbonyl (C=O) groups is 1. The van der Waals surface area contributed by atoms with E-state index in [1.165, 1.54) is 12.1 Å². The Morgan fingerprint density at radius 2 is 1.38 bits per heavy atom. The van der Waals surface area contributed by atoms with Gasteiger partial charge in [0.15, 0.2) is 0 Å². The lowest BCUT2D eigenvalue weighted by Gasteiger charge is -2.26. The molecule has 0 saturated heterocycles. The SMILES string of the molecule is CN(C)CCN(CCN(C)C)C(=O)Nc1ccc(C(F)(F)F)cc1. The number of carbonyl (C=O) groups excluding carboxylic acids is 1. The van der Waals surface area contributed by atoms with E-state index in [-0.39, 0.29) is 6.03 Å². The number of urea groups is 1. The number of nitrogens with one attached hydrogen (secondary N) is 1. The summed E-state index contributed by atoms with van der Waals surface area (Å²) in [5.74, 6) is 0. The van der Waals surface area contributed by atoms with Crippen molar-refractivity contribution < 1.29 is 18.0 Å². The van der Waals surface area contributed by atoms with Gasteiger partial charge < -0.3 is 20.0 Å². The molecule has 0 bridgehead atoms. The van der Waals surface area contributed by atoms with Crippen LogP contribution >= 0.6 is 0 Å². The Morgan fingerprint density at radius 1 is 0.917 bits per heavy atom. The molecule has 0 aliphatic heterocycles. The molecule has 136 valence electrons. The van der Waals surface area contributed by atoms with Crippen molar-refractivity contribution in [1.82, 2.24) is 14.7 Å². The Morgan fingerprint density at radius 3 is 1.75 bits per heavy atom. The largest absolute Gasteiger partial charge is 0.416 e. The zero-order valence-electron chi connectivity index (χ0n) is 14.5. The van der Waals surface area contributed by atoms with Gasteiger partial charge in [0.25, 0.3) is 0 Å². The predicted molar refractivity (Wildman–Crippen MR) is 89.1 cm³/mol. The third-order valence-corrected chi connectivity index (χ3v) is 3.38. The van der Waals surface area contributed by atoms with E-state index in [0.717, 1.165) is 12.1 Å². The van der Waals surface area contributed by atoms with Crippen LogP contribution in [0.25, 0.3) is 0 Å². The van der Waals surface area contributed by atoms with Crippen LogP contribution in [0.5, 0.6) is 0 Å². The van der Waals surface area contributed by atoms with Crippen LogP contribution in [-0.4, -0.2) is 75.1 Å². The van der Waals surface area contributed by atoms with Gasteiger partial charge >= 0.3 is 12.2 Å². The van der Waals surface area contributed by atoms with Crippen molar-refractivity contribution in [2.24, 2.45) is 0 Å². The van der Waals surface area contributed by atoms with Crippen LogP contribution in [0.2, 0.25) is 0 Å². The molecule has 0 aliphatic rings. The second-order valence-corrected chi connectivity index (χ2v) is 6.10. The highest BCUT2D eigenvalue weighted by molar-refractivity contribution is 5.89. The van der Waals surface area contributed by atoms with Gasteiger partial charge in [0, 0.05) is 31.9 Å². The monoisotopic (exact) mass is 346 g/mol. The summed E-state index contributed by atoms with van der Waals surface area (Å²) in [7, 11) is 7.66. The van der Waals surface area contributed by atoms with E-state index in [4.69, 9.17) is 0 Å². The normalized spacial score (nSPS) is 11.9. The number of hydrogen-bond donors (Lipinski definition) is 1. The fraction of sp³-hybridized carbons (Fsp3) is 0.562. The molecule has 0 saturated carbocycles. The lowest BCUT2D eigenvalue weighted by atomic mass is 10.2. The first-order chi connectivity index (χ1) is 11.1. The average molecular weight is 346 g/mol. The molecule has 0 spiro atoms. The van der Waals surface area contributed by atoms with Gasteiger partial charge in [0.05, 0.1) is 5.56 Å². The zero-order chi connectivity index (χ0) is 18.3. The van der Waals surface area contributed by atoms with E-state index in [1.54, 1.807) is 4.90 Å². The van der Waals surface area contributed by atoms with Gasteiger partial charge in [0.1, 0.15) is 0 Å². The fourth-order valence-corrected chi connectivity index (χ4v) is 1.90. The van der Waals surface area contributed by atoms with Crippen molar-refractivity contribution >= 4 is 11.7 Å². The summed E-state index contributed by atoms with van der Waals surface area (Å²) in [6.07, 6.45) is -4.38. The number of amides is 2. The van der Waals surface area contributed by atoms with Gasteiger partial charge in [-0.15, -0.1) is 0 Å². The number of nitrogens with zero attached hydrogens (tertiary/aromatic N) is 3. The minimum absolute atomic E-state index is 0.321. The van der Waals surface area contributed by atoms with Crippen molar-refractivity contribution in [3.8, 4) is 0 Å². The van der Waals surface area contributed by atoms with Crippen LogP contribution in [0.1, 0.15) is 5.56 Å². The topological polar surface area (TPSA) is 38.8 Å². The molecule has 8 heteroatoms. The van der Waals surface area contributed by atoms with Crippen molar-refractivity contribution in [3.05, 3.63) is 29.8 Å². The number of likely N-dealkylation sites (N-methyl/N-ethyl adjacent to an activating group) is 2. The molecule has 0 aliphatic carbocycles. The molecular weight excluding hydrogens is 321 g/mol. The number of anilines is 1. The summed E-state index contributed by atoms with van der Waals surface area (Å²) < 4.78 is 37.7. The molecule has 0 aromatic heterocycles. The van der Waals surface area contributed by atoms with E-state index in [0.29, 0.717) is 31.9 Å². The van der Waals surface area contributed by atoms with Crippen molar-refractivity contribution in [2.45, 2.75) is 6.18 Å². The molecule has 0 fully saturated rings. The third kappa shape index (κ3) is 7.18.